The largest absolute Gasteiger partial charge is 0.396 e. The molecule has 1 aromatic rings. The molecule has 0 unspecified atom stereocenters. The number of benzene rings is 1. The van der Waals surface area contributed by atoms with Crippen LogP contribution in [0.1, 0.15) is 113 Å². The summed E-state index contributed by atoms with van der Waals surface area (Å²) < 4.78 is 39.0. The molecule has 62 heavy (non-hydrogen) atoms. The summed E-state index contributed by atoms with van der Waals surface area (Å²) in [6.07, 6.45) is -4.88. The monoisotopic (exact) mass is 879 g/mol. The van der Waals surface area contributed by atoms with Gasteiger partial charge in [0, 0.05) is 56.8 Å². The minimum Gasteiger partial charge on any atom is -0.396 e. The van der Waals surface area contributed by atoms with Gasteiger partial charge in [0.25, 0.3) is 0 Å². The van der Waals surface area contributed by atoms with Crippen LogP contribution >= 0.6 is 0 Å². The summed E-state index contributed by atoms with van der Waals surface area (Å²) in [4.78, 5) is 22.7. The van der Waals surface area contributed by atoms with Gasteiger partial charge in [0.1, 0.15) is 24.6 Å². The summed E-state index contributed by atoms with van der Waals surface area (Å²) >= 11 is 0. The number of hydrogen-bond donors (Lipinski definition) is 4. The Labute approximate surface area is 371 Å². The summed E-state index contributed by atoms with van der Waals surface area (Å²) in [5, 5.41) is 52.0. The lowest BCUT2D eigenvalue weighted by molar-refractivity contribution is -0.318. The van der Waals surface area contributed by atoms with Gasteiger partial charge in [-0.3, -0.25) is 4.79 Å². The Hall–Kier alpha value is -2.08. The Morgan fingerprint density at radius 2 is 1.52 bits per heavy atom. The van der Waals surface area contributed by atoms with E-state index in [1.165, 1.54) is 5.56 Å². The molecule has 1 aromatic carbocycles. The Kier molecular flexibility index (Phi) is 19.0. The molecule has 0 bridgehead atoms. The van der Waals surface area contributed by atoms with Crippen LogP contribution in [0.3, 0.4) is 0 Å². The number of aryl methyl sites for hydroxylation is 1. The average molecular weight is 879 g/mol. The summed E-state index contributed by atoms with van der Waals surface area (Å²) in [7, 11) is 6.99. The predicted octanol–water partition coefficient (Wildman–Crippen LogP) is 5.54. The maximum atomic E-state index is 14.7. The first-order chi connectivity index (χ1) is 29.0. The fraction of sp³-hybridized carbons (Fsp3) is 0.833. The molecule has 0 aromatic heterocycles. The number of aliphatic hydroxyl groups is 4. The van der Waals surface area contributed by atoms with Crippen molar-refractivity contribution in [1.82, 2.24) is 4.90 Å². The molecule has 2 aliphatic heterocycles. The SMILES string of the molecule is CC[C@H]1CC(=O)[C@H](C)[C@@H](O[C@H]2C[C@@](C)(OC)[C@@H](O)[C@H](C)O2)[C@H](C)[C@@H](O[C@@H]2O[C@H](C)C[C@H](N(C)C)[C@H]2O)[C@](C)(OC)C[C@@H](C)/C(=N\OCCCc2ccccc2)[C@H](C)[C@@H](O)[C@]1(C)O. The van der Waals surface area contributed by atoms with Gasteiger partial charge in [-0.2, -0.15) is 0 Å². The molecule has 2 saturated heterocycles. The van der Waals surface area contributed by atoms with Gasteiger partial charge >= 0.3 is 0 Å². The van der Waals surface area contributed by atoms with Crippen molar-refractivity contribution in [2.75, 3.05) is 34.9 Å². The zero-order chi connectivity index (χ0) is 46.3. The van der Waals surface area contributed by atoms with E-state index >= 15 is 0 Å². The Bertz CT molecular complexity index is 1570. The molecule has 4 N–H and O–H groups in total. The fourth-order valence-electron chi connectivity index (χ4n) is 10.3. The predicted molar refractivity (Wildman–Crippen MR) is 237 cm³/mol. The standard InChI is InChI=1S/C48H82N2O12/c1-15-35-25-37(51)30(4)41(61-38-27-46(8,56-13)43(54)33(7)60-38)32(6)44(62-45-40(52)36(50(11)12)24-29(3)59-45)47(9,57-14)26-28(2)39(31(5)42(53)48(35,10)55)49-58-23-19-22-34-20-17-16-18-21-34/h16-18,20-21,28-33,35-36,38,40-45,52-55H,15,19,22-27H2,1-14H3/b49-39+/t28-,29-,30+,31+,32+,33+,35+,36+,38+,40-,41-,42-,43+,44-,45+,46-,47-,48-/m1/s1. The normalized spacial score (nSPS) is 43.7. The number of oxime groups is 1. The quantitative estimate of drug-likeness (QED) is 0.144. The van der Waals surface area contributed by atoms with Crippen LogP contribution in [0.2, 0.25) is 0 Å². The fourth-order valence-corrected chi connectivity index (χ4v) is 10.3. The number of Topliss-reactive ketones (excluding diaryl/α,β-unsaturated/α-hetero) is 1. The van der Waals surface area contributed by atoms with E-state index in [0.29, 0.717) is 31.6 Å². The van der Waals surface area contributed by atoms with Crippen LogP contribution in [0, 0.1) is 29.6 Å². The first kappa shape index (κ1) is 52.5. The van der Waals surface area contributed by atoms with Gasteiger partial charge in [-0.15, -0.1) is 0 Å². The Morgan fingerprint density at radius 3 is 2.11 bits per heavy atom. The highest BCUT2D eigenvalue weighted by Gasteiger charge is 2.53. The first-order valence-corrected chi connectivity index (χ1v) is 23.0. The lowest BCUT2D eigenvalue weighted by Gasteiger charge is -2.50. The van der Waals surface area contributed by atoms with Crippen molar-refractivity contribution in [3.63, 3.8) is 0 Å². The molecule has 0 spiro atoms. The van der Waals surface area contributed by atoms with Crippen molar-refractivity contribution in [1.29, 1.82) is 0 Å². The molecule has 14 nitrogen and oxygen atoms in total. The highest BCUT2D eigenvalue weighted by molar-refractivity contribution is 5.89. The van der Waals surface area contributed by atoms with Gasteiger partial charge in [-0.25, -0.2) is 0 Å². The lowest BCUT2D eigenvalue weighted by atomic mass is 9.69. The number of hydrogen-bond acceptors (Lipinski definition) is 14. The smallest absolute Gasteiger partial charge is 0.185 e. The molecular formula is C48H82N2O12. The number of carbonyl (C=O) groups excluding carboxylic acids is 1. The molecule has 3 fully saturated rings. The molecule has 2 heterocycles. The number of aliphatic hydroxyl groups excluding tert-OH is 3. The van der Waals surface area contributed by atoms with Gasteiger partial charge in [0.2, 0.25) is 0 Å². The highest BCUT2D eigenvalue weighted by Crippen LogP contribution is 2.43. The van der Waals surface area contributed by atoms with Gasteiger partial charge in [-0.1, -0.05) is 76.5 Å². The molecule has 18 atom stereocenters. The number of rotatable bonds is 13. The number of ketones is 1. The molecule has 3 aliphatic rings. The number of likely N-dealkylation sites (N-methyl/N-ethyl adjacent to an activating group) is 1. The average Bonchev–Trinajstić information content (AvgIpc) is 3.23. The van der Waals surface area contributed by atoms with E-state index in [0.717, 1.165) is 6.42 Å². The van der Waals surface area contributed by atoms with Crippen molar-refractivity contribution in [3.8, 4) is 0 Å². The Morgan fingerprint density at radius 1 is 0.871 bits per heavy atom. The van der Waals surface area contributed by atoms with Gasteiger partial charge in [0.15, 0.2) is 12.6 Å². The van der Waals surface area contributed by atoms with Crippen LogP contribution in [-0.4, -0.2) is 150 Å². The van der Waals surface area contributed by atoms with Crippen LogP contribution < -0.4 is 0 Å². The van der Waals surface area contributed by atoms with Crippen molar-refractivity contribution >= 4 is 11.5 Å². The minimum absolute atomic E-state index is 0.0466. The van der Waals surface area contributed by atoms with E-state index in [1.54, 1.807) is 28.1 Å². The van der Waals surface area contributed by atoms with Gasteiger partial charge in [-0.05, 0) is 85.9 Å². The second-order valence-electron chi connectivity index (χ2n) is 19.6. The third kappa shape index (κ3) is 12.2. The number of methoxy groups -OCH3 is 2. The first-order valence-electron chi connectivity index (χ1n) is 23.0. The molecule has 4 rings (SSSR count). The van der Waals surface area contributed by atoms with E-state index < -0.39 is 95.6 Å². The third-order valence-corrected chi connectivity index (χ3v) is 14.6. The third-order valence-electron chi connectivity index (χ3n) is 14.6. The number of nitrogens with zero attached hydrogens (tertiary/aromatic N) is 2. The molecule has 1 saturated carbocycles. The minimum atomic E-state index is -1.69. The summed E-state index contributed by atoms with van der Waals surface area (Å²) in [5.41, 5.74) is -2.12. The summed E-state index contributed by atoms with van der Waals surface area (Å²) in [6, 6.07) is 9.89. The van der Waals surface area contributed by atoms with Crippen LogP contribution in [-0.2, 0) is 44.5 Å². The van der Waals surface area contributed by atoms with E-state index in [4.69, 9.17) is 38.4 Å². The van der Waals surface area contributed by atoms with Crippen LogP contribution in [0.25, 0.3) is 0 Å². The van der Waals surface area contributed by atoms with E-state index in [9.17, 15) is 25.2 Å². The van der Waals surface area contributed by atoms with Crippen LogP contribution in [0.5, 0.6) is 0 Å². The number of carbonyl (C=O) groups is 1. The van der Waals surface area contributed by atoms with Gasteiger partial charge in [0.05, 0.1) is 53.0 Å². The summed E-state index contributed by atoms with van der Waals surface area (Å²) in [5.74, 6) is -3.27. The van der Waals surface area contributed by atoms with Crippen molar-refractivity contribution in [2.24, 2.45) is 34.7 Å². The maximum Gasteiger partial charge on any atom is 0.185 e. The van der Waals surface area contributed by atoms with Gasteiger partial charge < -0.3 is 58.6 Å². The molecule has 0 radical (unpaired) electrons. The highest BCUT2D eigenvalue weighted by atomic mass is 16.7. The molecule has 14 heteroatoms. The van der Waals surface area contributed by atoms with E-state index in [1.807, 2.05) is 92.6 Å². The van der Waals surface area contributed by atoms with E-state index in [-0.39, 0.29) is 37.2 Å². The number of ether oxygens (including phenoxy) is 6. The zero-order valence-corrected chi connectivity index (χ0v) is 40.2. The molecule has 0 amide bonds. The van der Waals surface area contributed by atoms with Crippen LogP contribution in [0.4, 0.5) is 0 Å². The second kappa shape index (κ2) is 22.4. The second-order valence-corrected chi connectivity index (χ2v) is 19.6. The molecular weight excluding hydrogens is 797 g/mol. The Balaban J connectivity index is 1.85. The van der Waals surface area contributed by atoms with Crippen molar-refractivity contribution in [3.05, 3.63) is 35.9 Å². The zero-order valence-electron chi connectivity index (χ0n) is 40.2. The van der Waals surface area contributed by atoms with E-state index in [2.05, 4.69) is 12.1 Å². The maximum absolute atomic E-state index is 14.7. The molecule has 1 aliphatic carbocycles. The molecule has 356 valence electrons. The van der Waals surface area contributed by atoms with Crippen molar-refractivity contribution in [2.45, 2.75) is 192 Å². The lowest BCUT2D eigenvalue weighted by Crippen LogP contribution is -2.61. The summed E-state index contributed by atoms with van der Waals surface area (Å²) in [6.45, 7) is 18.9. The van der Waals surface area contributed by atoms with Crippen LogP contribution in [0.15, 0.2) is 35.5 Å². The van der Waals surface area contributed by atoms with Crippen molar-refractivity contribution < 1.29 is 58.5 Å². The topological polar surface area (TPSA) is 178 Å².